The van der Waals surface area contributed by atoms with Crippen LogP contribution in [0.15, 0.2) is 30.7 Å². The Morgan fingerprint density at radius 3 is 2.93 bits per heavy atom. The lowest BCUT2D eigenvalue weighted by Gasteiger charge is -2.15. The second kappa shape index (κ2) is 4.75. The van der Waals surface area contributed by atoms with Gasteiger partial charge >= 0.3 is 0 Å². The number of aliphatic hydroxyl groups is 1. The molecule has 0 unspecified atom stereocenters. The molecule has 1 aromatic rings. The molecule has 1 heterocycles. The molecule has 0 aliphatic carbocycles. The van der Waals surface area contributed by atoms with Crippen molar-refractivity contribution in [3.05, 3.63) is 40.9 Å². The first kappa shape index (κ1) is 11.5. The molecule has 0 atom stereocenters. The summed E-state index contributed by atoms with van der Waals surface area (Å²) in [5, 5.41) is 8.97. The smallest absolute Gasteiger partial charge is 0.257 e. The van der Waals surface area contributed by atoms with Gasteiger partial charge in [-0.3, -0.25) is 4.79 Å². The summed E-state index contributed by atoms with van der Waals surface area (Å²) >= 11 is 4.97. The van der Waals surface area contributed by atoms with E-state index in [1.807, 2.05) is 0 Å². The van der Waals surface area contributed by atoms with E-state index >= 15 is 0 Å². The monoisotopic (exact) mass is 224 g/mol. The minimum Gasteiger partial charge on any atom is -0.511 e. The van der Waals surface area contributed by atoms with Crippen LogP contribution < -0.4 is 0 Å². The van der Waals surface area contributed by atoms with Crippen molar-refractivity contribution in [3.8, 4) is 0 Å². The van der Waals surface area contributed by atoms with E-state index < -0.39 is 0 Å². The van der Waals surface area contributed by atoms with E-state index in [9.17, 15) is 4.79 Å². The van der Waals surface area contributed by atoms with E-state index in [0.717, 1.165) is 0 Å². The van der Waals surface area contributed by atoms with Gasteiger partial charge in [-0.15, -0.1) is 0 Å². The fraction of sp³-hybridized carbons (Fsp3) is 0.200. The molecule has 0 saturated carbocycles. The van der Waals surface area contributed by atoms with Crippen molar-refractivity contribution in [2.45, 2.75) is 0 Å². The molecule has 4 nitrogen and oxygen atoms in total. The number of nitrogens with zero attached hydrogens (tertiary/aromatic N) is 1. The van der Waals surface area contributed by atoms with Crippen molar-refractivity contribution >= 4 is 18.1 Å². The number of nitrogens with one attached hydrogen (secondary N) is 1. The number of hydrogen-bond donors (Lipinski definition) is 2. The molecule has 0 aliphatic heterocycles. The van der Waals surface area contributed by atoms with Gasteiger partial charge in [-0.1, -0.05) is 18.8 Å². The predicted octanol–water partition coefficient (Wildman–Crippen LogP) is 1.89. The van der Waals surface area contributed by atoms with Gasteiger partial charge in [0, 0.05) is 13.2 Å². The maximum absolute atomic E-state index is 11.8. The second-order valence-electron chi connectivity index (χ2n) is 3.14. The molecule has 1 amide bonds. The SMILES string of the molecule is C=C(O)CN(C)C(=O)c1ccc[nH]c1=S. The summed E-state index contributed by atoms with van der Waals surface area (Å²) in [4.78, 5) is 15.9. The highest BCUT2D eigenvalue weighted by Crippen LogP contribution is 2.04. The zero-order chi connectivity index (χ0) is 11.4. The Hall–Kier alpha value is -1.62. The largest absolute Gasteiger partial charge is 0.511 e. The van der Waals surface area contributed by atoms with Gasteiger partial charge < -0.3 is 15.0 Å². The third kappa shape index (κ3) is 2.92. The molecule has 1 aromatic heterocycles. The van der Waals surface area contributed by atoms with Gasteiger partial charge in [0.1, 0.15) is 10.4 Å². The molecule has 80 valence electrons. The Labute approximate surface area is 92.9 Å². The first-order chi connectivity index (χ1) is 7.02. The average molecular weight is 224 g/mol. The van der Waals surface area contributed by atoms with E-state index in [0.29, 0.717) is 10.2 Å². The van der Waals surface area contributed by atoms with Crippen LogP contribution in [0.1, 0.15) is 10.4 Å². The molecule has 0 spiro atoms. The topological polar surface area (TPSA) is 56.3 Å². The Morgan fingerprint density at radius 2 is 2.40 bits per heavy atom. The summed E-state index contributed by atoms with van der Waals surface area (Å²) < 4.78 is 0.387. The number of hydrogen-bond acceptors (Lipinski definition) is 3. The van der Waals surface area contributed by atoms with Crippen LogP contribution in [0.4, 0.5) is 0 Å². The number of likely N-dealkylation sites (N-methyl/N-ethyl adjacent to an activating group) is 1. The minimum atomic E-state index is -0.243. The molecule has 0 saturated heterocycles. The van der Waals surface area contributed by atoms with Gasteiger partial charge in [-0.2, -0.15) is 0 Å². The van der Waals surface area contributed by atoms with Crippen molar-refractivity contribution in [2.24, 2.45) is 0 Å². The highest BCUT2D eigenvalue weighted by molar-refractivity contribution is 7.71. The Morgan fingerprint density at radius 1 is 1.73 bits per heavy atom. The summed E-state index contributed by atoms with van der Waals surface area (Å²) in [5.41, 5.74) is 0.413. The fourth-order valence-corrected chi connectivity index (χ4v) is 1.36. The molecular weight excluding hydrogens is 212 g/mol. The van der Waals surface area contributed by atoms with Gasteiger partial charge in [-0.25, -0.2) is 0 Å². The lowest BCUT2D eigenvalue weighted by Crippen LogP contribution is -2.28. The van der Waals surface area contributed by atoms with Gasteiger partial charge in [0.25, 0.3) is 5.91 Å². The van der Waals surface area contributed by atoms with E-state index in [1.165, 1.54) is 4.90 Å². The Bertz CT molecular complexity index is 439. The molecule has 15 heavy (non-hydrogen) atoms. The molecule has 0 aliphatic rings. The molecule has 5 heteroatoms. The van der Waals surface area contributed by atoms with Crippen molar-refractivity contribution < 1.29 is 9.90 Å². The van der Waals surface area contributed by atoms with E-state index in [4.69, 9.17) is 17.3 Å². The molecule has 0 aromatic carbocycles. The summed E-state index contributed by atoms with van der Waals surface area (Å²) in [7, 11) is 1.57. The number of aromatic nitrogens is 1. The number of H-pyrrole nitrogens is 1. The quantitative estimate of drug-likeness (QED) is 0.609. The van der Waals surface area contributed by atoms with Gasteiger partial charge in [0.2, 0.25) is 0 Å². The van der Waals surface area contributed by atoms with Crippen LogP contribution in [-0.4, -0.2) is 34.5 Å². The third-order valence-corrected chi connectivity index (χ3v) is 2.15. The lowest BCUT2D eigenvalue weighted by atomic mass is 10.2. The average Bonchev–Trinajstić information content (AvgIpc) is 2.16. The molecule has 0 radical (unpaired) electrons. The highest BCUT2D eigenvalue weighted by Gasteiger charge is 2.13. The zero-order valence-electron chi connectivity index (χ0n) is 8.36. The predicted molar refractivity (Wildman–Crippen MR) is 60.4 cm³/mol. The second-order valence-corrected chi connectivity index (χ2v) is 3.55. The first-order valence-electron chi connectivity index (χ1n) is 4.32. The summed E-state index contributed by atoms with van der Waals surface area (Å²) in [6, 6.07) is 3.34. The standard InChI is InChI=1S/C10H12N2O2S/c1-7(13)6-12(2)10(14)8-4-3-5-11-9(8)15/h3-5,13H,1,6H2,2H3,(H,11,15). The summed E-state index contributed by atoms with van der Waals surface area (Å²) in [5.74, 6) is -0.302. The maximum Gasteiger partial charge on any atom is 0.257 e. The number of carbonyl (C=O) groups excluding carboxylic acids is 1. The Balaban J connectivity index is 2.90. The molecule has 0 fully saturated rings. The minimum absolute atomic E-state index is 0.0586. The first-order valence-corrected chi connectivity index (χ1v) is 4.73. The third-order valence-electron chi connectivity index (χ3n) is 1.81. The van der Waals surface area contributed by atoms with Crippen molar-refractivity contribution in [2.75, 3.05) is 13.6 Å². The number of pyridine rings is 1. The van der Waals surface area contributed by atoms with Crippen LogP contribution in [0.25, 0.3) is 0 Å². The van der Waals surface area contributed by atoms with Crippen molar-refractivity contribution in [1.82, 2.24) is 9.88 Å². The molecule has 2 N–H and O–H groups in total. The number of aliphatic hydroxyl groups excluding tert-OH is 1. The molecule has 1 rings (SSSR count). The number of carbonyl (C=O) groups is 1. The van der Waals surface area contributed by atoms with Crippen LogP contribution in [0.3, 0.4) is 0 Å². The number of aromatic amines is 1. The van der Waals surface area contributed by atoms with Gasteiger partial charge in [0.15, 0.2) is 0 Å². The van der Waals surface area contributed by atoms with Crippen molar-refractivity contribution in [3.63, 3.8) is 0 Å². The normalized spacial score (nSPS) is 9.67. The van der Waals surface area contributed by atoms with Gasteiger partial charge in [-0.05, 0) is 12.1 Å². The number of rotatable bonds is 3. The Kier molecular flexibility index (Phi) is 3.62. The van der Waals surface area contributed by atoms with Crippen LogP contribution in [0, 0.1) is 4.64 Å². The highest BCUT2D eigenvalue weighted by atomic mass is 32.1. The zero-order valence-corrected chi connectivity index (χ0v) is 9.17. The van der Waals surface area contributed by atoms with E-state index in [-0.39, 0.29) is 18.2 Å². The van der Waals surface area contributed by atoms with Crippen LogP contribution in [0.2, 0.25) is 0 Å². The van der Waals surface area contributed by atoms with Crippen LogP contribution in [-0.2, 0) is 0 Å². The van der Waals surface area contributed by atoms with E-state index in [1.54, 1.807) is 25.4 Å². The summed E-state index contributed by atoms with van der Waals surface area (Å²) in [6.07, 6.45) is 1.66. The maximum atomic E-state index is 11.8. The van der Waals surface area contributed by atoms with E-state index in [2.05, 4.69) is 11.6 Å². The van der Waals surface area contributed by atoms with Crippen molar-refractivity contribution in [1.29, 1.82) is 0 Å². The number of amides is 1. The molecule has 0 bridgehead atoms. The molecular formula is C10H12N2O2S. The fourth-order valence-electron chi connectivity index (χ4n) is 1.14. The van der Waals surface area contributed by atoms with Crippen LogP contribution >= 0.6 is 12.2 Å². The summed E-state index contributed by atoms with van der Waals surface area (Å²) in [6.45, 7) is 3.42. The van der Waals surface area contributed by atoms with Gasteiger partial charge in [0.05, 0.1) is 12.1 Å². The van der Waals surface area contributed by atoms with Crippen LogP contribution in [0.5, 0.6) is 0 Å². The lowest BCUT2D eigenvalue weighted by molar-refractivity contribution is 0.0791.